The molecule has 128 valence electrons. The van der Waals surface area contributed by atoms with Gasteiger partial charge in [-0.25, -0.2) is 4.98 Å². The Balaban J connectivity index is 1.42. The molecule has 1 amide bonds. The number of carbonyl (C=O) groups is 1. The molecule has 0 bridgehead atoms. The van der Waals surface area contributed by atoms with E-state index in [9.17, 15) is 4.79 Å². The van der Waals surface area contributed by atoms with Gasteiger partial charge >= 0.3 is 0 Å². The number of aromatic nitrogens is 2. The van der Waals surface area contributed by atoms with Crippen molar-refractivity contribution >= 4 is 17.2 Å². The molecule has 5 nitrogen and oxygen atoms in total. The highest BCUT2D eigenvalue weighted by atomic mass is 32.1. The molecule has 0 unspecified atom stereocenters. The lowest BCUT2D eigenvalue weighted by molar-refractivity contribution is -0.121. The Kier molecular flexibility index (Phi) is 5.74. The summed E-state index contributed by atoms with van der Waals surface area (Å²) in [6.45, 7) is 2.79. The van der Waals surface area contributed by atoms with Gasteiger partial charge in [0, 0.05) is 23.3 Å². The molecule has 0 radical (unpaired) electrons. The molecular weight excluding hydrogens is 334 g/mol. The Hall–Kier alpha value is -2.73. The molecule has 1 aromatic carbocycles. The third-order valence-electron chi connectivity index (χ3n) is 3.55. The van der Waals surface area contributed by atoms with Crippen LogP contribution in [0.25, 0.3) is 10.6 Å². The van der Waals surface area contributed by atoms with Crippen molar-refractivity contribution in [1.29, 1.82) is 0 Å². The van der Waals surface area contributed by atoms with Crippen molar-refractivity contribution in [3.8, 4) is 16.3 Å². The zero-order valence-electron chi connectivity index (χ0n) is 13.9. The molecule has 2 aromatic heterocycles. The number of nitrogens with zero attached hydrogens (tertiary/aromatic N) is 2. The summed E-state index contributed by atoms with van der Waals surface area (Å²) in [5.41, 5.74) is 3.01. The summed E-state index contributed by atoms with van der Waals surface area (Å²) in [5.74, 6) is 0.724. The summed E-state index contributed by atoms with van der Waals surface area (Å²) >= 11 is 1.54. The molecule has 25 heavy (non-hydrogen) atoms. The van der Waals surface area contributed by atoms with Gasteiger partial charge in [0.25, 0.3) is 0 Å². The highest BCUT2D eigenvalue weighted by Gasteiger charge is 2.07. The molecule has 0 aliphatic carbocycles. The predicted molar refractivity (Wildman–Crippen MR) is 98.5 cm³/mol. The second kappa shape index (κ2) is 8.39. The average molecular weight is 353 g/mol. The first-order valence-electron chi connectivity index (χ1n) is 8.02. The third-order valence-corrected chi connectivity index (χ3v) is 4.49. The van der Waals surface area contributed by atoms with Crippen LogP contribution in [0.15, 0.2) is 54.2 Å². The van der Waals surface area contributed by atoms with Crippen LogP contribution in [0.5, 0.6) is 5.75 Å². The SMILES string of the molecule is Cc1ccc(OCCC(=O)NCc2csc(-c3cccnc3)n2)cc1. The zero-order valence-corrected chi connectivity index (χ0v) is 14.8. The summed E-state index contributed by atoms with van der Waals surface area (Å²) in [4.78, 5) is 20.5. The number of thiazole rings is 1. The fourth-order valence-corrected chi connectivity index (χ4v) is 2.99. The van der Waals surface area contributed by atoms with Gasteiger partial charge in [0.1, 0.15) is 10.8 Å². The molecule has 3 rings (SSSR count). The molecule has 0 aliphatic heterocycles. The van der Waals surface area contributed by atoms with Crippen molar-refractivity contribution in [2.24, 2.45) is 0 Å². The fraction of sp³-hybridized carbons (Fsp3) is 0.211. The van der Waals surface area contributed by atoms with Crippen LogP contribution in [0.4, 0.5) is 0 Å². The van der Waals surface area contributed by atoms with Gasteiger partial charge in [-0.1, -0.05) is 17.7 Å². The molecule has 0 aliphatic rings. The van der Waals surface area contributed by atoms with Crippen LogP contribution in [-0.4, -0.2) is 22.5 Å². The Labute approximate surface area is 150 Å². The molecule has 0 spiro atoms. The molecule has 0 atom stereocenters. The van der Waals surface area contributed by atoms with Gasteiger partial charge in [-0.15, -0.1) is 11.3 Å². The van der Waals surface area contributed by atoms with Crippen molar-refractivity contribution in [1.82, 2.24) is 15.3 Å². The van der Waals surface area contributed by atoms with Crippen LogP contribution >= 0.6 is 11.3 Å². The average Bonchev–Trinajstić information content (AvgIpc) is 3.11. The summed E-state index contributed by atoms with van der Waals surface area (Å²) in [7, 11) is 0. The Morgan fingerprint density at radius 2 is 2.08 bits per heavy atom. The normalized spacial score (nSPS) is 10.4. The van der Waals surface area contributed by atoms with Crippen LogP contribution in [0.2, 0.25) is 0 Å². The number of hydrogen-bond donors (Lipinski definition) is 1. The van der Waals surface area contributed by atoms with Crippen LogP contribution in [0.3, 0.4) is 0 Å². The van der Waals surface area contributed by atoms with E-state index >= 15 is 0 Å². The van der Waals surface area contributed by atoms with Crippen molar-refractivity contribution < 1.29 is 9.53 Å². The lowest BCUT2D eigenvalue weighted by Gasteiger charge is -2.06. The van der Waals surface area contributed by atoms with Crippen molar-refractivity contribution in [2.75, 3.05) is 6.61 Å². The first kappa shape index (κ1) is 17.1. The topological polar surface area (TPSA) is 64.1 Å². The van der Waals surface area contributed by atoms with E-state index in [-0.39, 0.29) is 5.91 Å². The second-order valence-electron chi connectivity index (χ2n) is 5.57. The largest absolute Gasteiger partial charge is 0.493 e. The fourth-order valence-electron chi connectivity index (χ4n) is 2.18. The molecular formula is C19H19N3O2S. The number of ether oxygens (including phenoxy) is 1. The lowest BCUT2D eigenvalue weighted by Crippen LogP contribution is -2.24. The number of carbonyl (C=O) groups excluding carboxylic acids is 1. The van der Waals surface area contributed by atoms with Crippen LogP contribution in [-0.2, 0) is 11.3 Å². The summed E-state index contributed by atoms with van der Waals surface area (Å²) in [5, 5.41) is 5.72. The van der Waals surface area contributed by atoms with Gasteiger partial charge in [0.15, 0.2) is 0 Å². The number of rotatable bonds is 7. The Morgan fingerprint density at radius 1 is 1.24 bits per heavy atom. The molecule has 2 heterocycles. The smallest absolute Gasteiger partial charge is 0.223 e. The number of nitrogens with one attached hydrogen (secondary N) is 1. The first-order valence-corrected chi connectivity index (χ1v) is 8.89. The van der Waals surface area contributed by atoms with Crippen molar-refractivity contribution in [3.05, 3.63) is 65.4 Å². The molecule has 0 fully saturated rings. The maximum Gasteiger partial charge on any atom is 0.223 e. The van der Waals surface area contributed by atoms with E-state index in [2.05, 4.69) is 15.3 Å². The first-order chi connectivity index (χ1) is 12.2. The van der Waals surface area contributed by atoms with Gasteiger partial charge in [0.2, 0.25) is 5.91 Å². The maximum absolute atomic E-state index is 11.9. The van der Waals surface area contributed by atoms with Gasteiger partial charge in [-0.3, -0.25) is 9.78 Å². The van der Waals surface area contributed by atoms with E-state index in [1.807, 2.05) is 48.7 Å². The van der Waals surface area contributed by atoms with E-state index in [4.69, 9.17) is 4.74 Å². The number of aryl methyl sites for hydroxylation is 1. The number of amides is 1. The van der Waals surface area contributed by atoms with E-state index in [0.717, 1.165) is 22.0 Å². The molecule has 0 saturated heterocycles. The lowest BCUT2D eigenvalue weighted by atomic mass is 10.2. The number of benzene rings is 1. The Morgan fingerprint density at radius 3 is 2.84 bits per heavy atom. The highest BCUT2D eigenvalue weighted by Crippen LogP contribution is 2.22. The summed E-state index contributed by atoms with van der Waals surface area (Å²) < 4.78 is 5.56. The summed E-state index contributed by atoms with van der Waals surface area (Å²) in [6.07, 6.45) is 3.83. The Bertz CT molecular complexity index is 816. The zero-order chi connectivity index (χ0) is 17.5. The monoisotopic (exact) mass is 353 g/mol. The van der Waals surface area contributed by atoms with E-state index < -0.39 is 0 Å². The number of pyridine rings is 1. The maximum atomic E-state index is 11.9. The van der Waals surface area contributed by atoms with Crippen molar-refractivity contribution in [3.63, 3.8) is 0 Å². The quantitative estimate of drug-likeness (QED) is 0.705. The highest BCUT2D eigenvalue weighted by molar-refractivity contribution is 7.13. The van der Waals surface area contributed by atoms with Gasteiger partial charge in [0.05, 0.1) is 25.3 Å². The molecule has 1 N–H and O–H groups in total. The van der Waals surface area contributed by atoms with Gasteiger partial charge in [-0.2, -0.15) is 0 Å². The summed E-state index contributed by atoms with van der Waals surface area (Å²) in [6, 6.07) is 11.6. The molecule has 3 aromatic rings. The second-order valence-corrected chi connectivity index (χ2v) is 6.43. The van der Waals surface area contributed by atoms with Gasteiger partial charge < -0.3 is 10.1 Å². The minimum Gasteiger partial charge on any atom is -0.493 e. The minimum atomic E-state index is -0.0527. The minimum absolute atomic E-state index is 0.0527. The van der Waals surface area contributed by atoms with Crippen LogP contribution in [0, 0.1) is 6.92 Å². The van der Waals surface area contributed by atoms with Crippen LogP contribution in [0.1, 0.15) is 17.7 Å². The van der Waals surface area contributed by atoms with E-state index in [1.54, 1.807) is 23.7 Å². The van der Waals surface area contributed by atoms with Crippen molar-refractivity contribution in [2.45, 2.75) is 19.9 Å². The standard InChI is InChI=1S/C19H19N3O2S/c1-14-4-6-17(7-5-14)24-10-8-18(23)21-12-16-13-25-19(22-16)15-3-2-9-20-11-15/h2-7,9,11,13H,8,10,12H2,1H3,(H,21,23). The molecule has 6 heteroatoms. The molecule has 0 saturated carbocycles. The van der Waals surface area contributed by atoms with E-state index in [0.29, 0.717) is 19.6 Å². The predicted octanol–water partition coefficient (Wildman–Crippen LogP) is 3.60. The third kappa shape index (κ3) is 5.12. The van der Waals surface area contributed by atoms with E-state index in [1.165, 1.54) is 5.56 Å². The van der Waals surface area contributed by atoms with Gasteiger partial charge in [-0.05, 0) is 31.2 Å². The number of hydrogen-bond acceptors (Lipinski definition) is 5. The van der Waals surface area contributed by atoms with Crippen LogP contribution < -0.4 is 10.1 Å².